The zero-order chi connectivity index (χ0) is 22.8. The van der Waals surface area contributed by atoms with E-state index in [1.165, 1.54) is 0 Å². The zero-order valence-electron chi connectivity index (χ0n) is 18.8. The molecule has 0 unspecified atom stereocenters. The van der Waals surface area contributed by atoms with Gasteiger partial charge in [0.25, 0.3) is 0 Å². The molecule has 2 aromatic carbocycles. The Balaban J connectivity index is 1.23. The van der Waals surface area contributed by atoms with Crippen LogP contribution in [0.3, 0.4) is 0 Å². The van der Waals surface area contributed by atoms with Crippen LogP contribution in [0.5, 0.6) is 11.5 Å². The Hall–Kier alpha value is -3.81. The number of hydrogen-bond donors (Lipinski definition) is 2. The van der Waals surface area contributed by atoms with E-state index in [9.17, 15) is 4.79 Å². The van der Waals surface area contributed by atoms with Crippen LogP contribution in [-0.4, -0.2) is 39.9 Å². The number of nitrogens with zero attached hydrogens (tertiary/aromatic N) is 3. The van der Waals surface area contributed by atoms with E-state index < -0.39 is 0 Å². The van der Waals surface area contributed by atoms with Gasteiger partial charge in [-0.05, 0) is 55.5 Å². The molecular weight excluding hydrogens is 418 g/mol. The summed E-state index contributed by atoms with van der Waals surface area (Å²) in [5.74, 6) is 3.39. The number of nitrogens with one attached hydrogen (secondary N) is 2. The van der Waals surface area contributed by atoms with Gasteiger partial charge in [-0.15, -0.1) is 0 Å². The number of aromatic amines is 1. The highest BCUT2D eigenvalue weighted by atomic mass is 16.5. The zero-order valence-corrected chi connectivity index (χ0v) is 18.8. The van der Waals surface area contributed by atoms with Gasteiger partial charge in [-0.3, -0.25) is 9.89 Å². The Labute approximate surface area is 191 Å². The van der Waals surface area contributed by atoms with E-state index in [4.69, 9.17) is 14.5 Å². The van der Waals surface area contributed by atoms with Gasteiger partial charge in [0.05, 0.1) is 25.3 Å². The van der Waals surface area contributed by atoms with Gasteiger partial charge >= 0.3 is 0 Å². The highest BCUT2D eigenvalue weighted by Crippen LogP contribution is 2.40. The fraction of sp³-hybridized carbons (Fsp3) is 0.320. The number of rotatable bonds is 9. The predicted octanol–water partition coefficient (Wildman–Crippen LogP) is 4.08. The second-order valence-corrected chi connectivity index (χ2v) is 8.37. The number of carbonyl (C=O) groups is 1. The molecule has 8 nitrogen and oxygen atoms in total. The molecule has 33 heavy (non-hydrogen) atoms. The first kappa shape index (κ1) is 21.1. The summed E-state index contributed by atoms with van der Waals surface area (Å²) >= 11 is 0. The summed E-state index contributed by atoms with van der Waals surface area (Å²) in [4.78, 5) is 17.6. The van der Waals surface area contributed by atoms with E-state index in [1.54, 1.807) is 14.2 Å². The van der Waals surface area contributed by atoms with Crippen LogP contribution in [-0.2, 0) is 24.2 Å². The molecule has 4 aromatic rings. The van der Waals surface area contributed by atoms with E-state index >= 15 is 0 Å². The summed E-state index contributed by atoms with van der Waals surface area (Å²) in [6.07, 6.45) is 3.80. The Bertz CT molecular complexity index is 1270. The number of carbonyl (C=O) groups excluding carboxylic acids is 1. The lowest BCUT2D eigenvalue weighted by atomic mass is 10.1. The molecule has 1 fully saturated rings. The van der Waals surface area contributed by atoms with Crippen LogP contribution >= 0.6 is 0 Å². The number of aryl methyl sites for hydroxylation is 2. The molecule has 2 heterocycles. The molecular formula is C25H27N5O3. The van der Waals surface area contributed by atoms with Crippen molar-refractivity contribution in [2.75, 3.05) is 19.5 Å². The minimum atomic E-state index is -0.115. The maximum Gasteiger partial charge on any atom is 0.245 e. The smallest absolute Gasteiger partial charge is 0.245 e. The van der Waals surface area contributed by atoms with Gasteiger partial charge in [0, 0.05) is 23.7 Å². The molecule has 170 valence electrons. The van der Waals surface area contributed by atoms with Crippen molar-refractivity contribution < 1.29 is 14.3 Å². The number of para-hydroxylation sites is 2. The monoisotopic (exact) mass is 445 g/mol. The Morgan fingerprint density at radius 2 is 1.85 bits per heavy atom. The molecule has 1 aliphatic carbocycles. The number of fused-ring (bicyclic) bond motifs is 1. The highest BCUT2D eigenvalue weighted by molar-refractivity contribution is 5.91. The van der Waals surface area contributed by atoms with Gasteiger partial charge in [0.1, 0.15) is 23.9 Å². The minimum absolute atomic E-state index is 0.115. The second-order valence-electron chi connectivity index (χ2n) is 8.37. The molecule has 2 N–H and O–H groups in total. The number of imidazole rings is 1. The van der Waals surface area contributed by atoms with Gasteiger partial charge in [-0.1, -0.05) is 12.1 Å². The first-order valence-electron chi connectivity index (χ1n) is 11.1. The third-order valence-electron chi connectivity index (χ3n) is 5.92. The van der Waals surface area contributed by atoms with Crippen LogP contribution in [0.2, 0.25) is 0 Å². The number of amides is 1. The molecule has 0 radical (unpaired) electrons. The fourth-order valence-corrected chi connectivity index (χ4v) is 4.08. The van der Waals surface area contributed by atoms with Gasteiger partial charge in [0.2, 0.25) is 5.91 Å². The fourth-order valence-electron chi connectivity index (χ4n) is 4.08. The Morgan fingerprint density at radius 3 is 2.58 bits per heavy atom. The standard InChI is InChI=1S/C25H27N5O3/c1-32-19-11-16(12-20(14-19)33-2)7-10-18-13-23(29-28-18)27-24(31)15-30-22-6-4-3-5-21(22)26-25(30)17-8-9-17/h3-6,11-14,17H,7-10,15H2,1-2H3,(H2,27,28,29,31). The lowest BCUT2D eigenvalue weighted by molar-refractivity contribution is -0.116. The Kier molecular flexibility index (Phi) is 5.73. The van der Waals surface area contributed by atoms with Crippen LogP contribution < -0.4 is 14.8 Å². The number of anilines is 1. The maximum absolute atomic E-state index is 12.8. The van der Waals surface area contributed by atoms with Crippen LogP contribution in [0.15, 0.2) is 48.5 Å². The summed E-state index contributed by atoms with van der Waals surface area (Å²) in [5, 5.41) is 10.2. The topological polar surface area (TPSA) is 94.1 Å². The van der Waals surface area contributed by atoms with E-state index in [2.05, 4.69) is 15.5 Å². The van der Waals surface area contributed by atoms with Crippen molar-refractivity contribution in [2.45, 2.75) is 38.1 Å². The normalized spacial score (nSPS) is 13.3. The van der Waals surface area contributed by atoms with Crippen molar-refractivity contribution in [1.29, 1.82) is 0 Å². The summed E-state index contributed by atoms with van der Waals surface area (Å²) < 4.78 is 12.7. The van der Waals surface area contributed by atoms with Crippen LogP contribution in [0.1, 0.15) is 35.8 Å². The number of aromatic nitrogens is 4. The van der Waals surface area contributed by atoms with Crippen LogP contribution in [0.25, 0.3) is 11.0 Å². The number of hydrogen-bond acceptors (Lipinski definition) is 5. The molecule has 1 aliphatic rings. The van der Waals surface area contributed by atoms with Gasteiger partial charge in [-0.25, -0.2) is 4.98 Å². The van der Waals surface area contributed by atoms with E-state index in [0.29, 0.717) is 11.7 Å². The number of H-pyrrole nitrogens is 1. The molecule has 0 saturated heterocycles. The van der Waals surface area contributed by atoms with Crippen molar-refractivity contribution >= 4 is 22.8 Å². The molecule has 0 bridgehead atoms. The van der Waals surface area contributed by atoms with Crippen molar-refractivity contribution in [3.05, 3.63) is 65.6 Å². The average molecular weight is 446 g/mol. The van der Waals surface area contributed by atoms with Crippen LogP contribution in [0.4, 0.5) is 5.82 Å². The third kappa shape index (κ3) is 4.69. The summed E-state index contributed by atoms with van der Waals surface area (Å²) in [5.41, 5.74) is 3.97. The molecule has 8 heteroatoms. The molecule has 1 amide bonds. The molecule has 5 rings (SSSR count). The highest BCUT2D eigenvalue weighted by Gasteiger charge is 2.30. The minimum Gasteiger partial charge on any atom is -0.497 e. The molecule has 0 aliphatic heterocycles. The van der Waals surface area contributed by atoms with E-state index in [1.807, 2.05) is 53.1 Å². The van der Waals surface area contributed by atoms with Crippen molar-refractivity contribution in [2.24, 2.45) is 0 Å². The lowest BCUT2D eigenvalue weighted by Crippen LogP contribution is -2.20. The molecule has 1 saturated carbocycles. The molecule has 0 spiro atoms. The molecule has 0 atom stereocenters. The summed E-state index contributed by atoms with van der Waals surface area (Å²) in [6.45, 7) is 0.220. The van der Waals surface area contributed by atoms with Crippen molar-refractivity contribution in [3.8, 4) is 11.5 Å². The predicted molar refractivity (Wildman–Crippen MR) is 126 cm³/mol. The van der Waals surface area contributed by atoms with Crippen molar-refractivity contribution in [3.63, 3.8) is 0 Å². The van der Waals surface area contributed by atoms with Gasteiger partial charge in [0.15, 0.2) is 5.82 Å². The number of benzene rings is 2. The molecule has 2 aromatic heterocycles. The first-order chi connectivity index (χ1) is 16.1. The van der Waals surface area contributed by atoms with E-state index in [-0.39, 0.29) is 12.5 Å². The quantitative estimate of drug-likeness (QED) is 0.405. The van der Waals surface area contributed by atoms with Crippen molar-refractivity contribution in [1.82, 2.24) is 19.7 Å². The third-order valence-corrected chi connectivity index (χ3v) is 5.92. The summed E-state index contributed by atoms with van der Waals surface area (Å²) in [6, 6.07) is 15.7. The second kappa shape index (κ2) is 8.97. The number of methoxy groups -OCH3 is 2. The maximum atomic E-state index is 12.8. The van der Waals surface area contributed by atoms with Gasteiger partial charge in [-0.2, -0.15) is 5.10 Å². The largest absolute Gasteiger partial charge is 0.497 e. The first-order valence-corrected chi connectivity index (χ1v) is 11.1. The van der Waals surface area contributed by atoms with E-state index in [0.717, 1.165) is 65.3 Å². The SMILES string of the molecule is COc1cc(CCc2cc(NC(=O)Cn3c(C4CC4)nc4ccccc43)n[nH]2)cc(OC)c1. The lowest BCUT2D eigenvalue weighted by Gasteiger charge is -2.08. The Morgan fingerprint density at radius 1 is 1.09 bits per heavy atom. The van der Waals surface area contributed by atoms with Crippen LogP contribution in [0, 0.1) is 0 Å². The number of ether oxygens (including phenoxy) is 2. The van der Waals surface area contributed by atoms with Gasteiger partial charge < -0.3 is 19.4 Å². The summed E-state index contributed by atoms with van der Waals surface area (Å²) in [7, 11) is 3.28. The average Bonchev–Trinajstić information content (AvgIpc) is 3.49.